The molecule has 0 saturated carbocycles. The van der Waals surface area contributed by atoms with E-state index in [-0.39, 0.29) is 28.3 Å². The molecule has 12 heteroatoms. The largest absolute Gasteiger partial charge is 0.493 e. The lowest BCUT2D eigenvalue weighted by Gasteiger charge is -2.27. The number of aliphatic hydroxyl groups is 1. The molecule has 3 rings (SSSR count). The molecule has 1 aliphatic rings. The van der Waals surface area contributed by atoms with Crippen LogP contribution in [-0.2, 0) is 14.6 Å². The summed E-state index contributed by atoms with van der Waals surface area (Å²) in [6.07, 6.45) is 1.79. The first-order valence-corrected chi connectivity index (χ1v) is 15.1. The van der Waals surface area contributed by atoms with Crippen molar-refractivity contribution in [3.05, 3.63) is 52.6 Å². The van der Waals surface area contributed by atoms with Gasteiger partial charge < -0.3 is 19.9 Å². The fraction of sp³-hybridized carbons (Fsp3) is 0.444. The van der Waals surface area contributed by atoms with Gasteiger partial charge in [-0.1, -0.05) is 31.9 Å². The van der Waals surface area contributed by atoms with Gasteiger partial charge in [0.15, 0.2) is 11.5 Å². The number of alkyl halides is 1. The molecule has 0 spiro atoms. The number of nitrogens with zero attached hydrogens (tertiary/aromatic N) is 1. The molecule has 2 aromatic rings. The molecule has 10 nitrogen and oxygen atoms in total. The van der Waals surface area contributed by atoms with Crippen LogP contribution in [0.4, 0.5) is 5.69 Å². The lowest BCUT2D eigenvalue weighted by molar-refractivity contribution is -0.113. The van der Waals surface area contributed by atoms with E-state index in [4.69, 9.17) is 21.1 Å². The molecule has 1 unspecified atom stereocenters. The monoisotopic (exact) mass is 580 g/mol. The Morgan fingerprint density at radius 1 is 1.10 bits per heavy atom. The maximum atomic E-state index is 14.0. The third-order valence-electron chi connectivity index (χ3n) is 6.33. The van der Waals surface area contributed by atoms with E-state index in [9.17, 15) is 27.9 Å². The van der Waals surface area contributed by atoms with Crippen molar-refractivity contribution in [3.63, 3.8) is 0 Å². The summed E-state index contributed by atoms with van der Waals surface area (Å²) in [5, 5.41) is 13.4. The number of benzene rings is 2. The summed E-state index contributed by atoms with van der Waals surface area (Å²) in [4.78, 5) is 40.8. The number of carbonyl (C=O) groups excluding carboxylic acids is 3. The van der Waals surface area contributed by atoms with E-state index in [1.165, 1.54) is 25.3 Å². The third-order valence-corrected chi connectivity index (χ3v) is 7.50. The zero-order valence-corrected chi connectivity index (χ0v) is 23.9. The molecule has 0 fully saturated rings. The number of ether oxygens (including phenoxy) is 2. The zero-order chi connectivity index (χ0) is 28.9. The van der Waals surface area contributed by atoms with Crippen LogP contribution in [0.25, 0.3) is 0 Å². The normalized spacial score (nSPS) is 14.7. The number of rotatable bonds is 13. The average molecular weight is 581 g/mol. The molecule has 2 N–H and O–H groups in total. The van der Waals surface area contributed by atoms with Crippen LogP contribution >= 0.6 is 11.6 Å². The summed E-state index contributed by atoms with van der Waals surface area (Å²) < 4.78 is 36.0. The molecule has 2 atom stereocenters. The Bertz CT molecular complexity index is 1360. The van der Waals surface area contributed by atoms with Gasteiger partial charge in [-0.05, 0) is 42.7 Å². The van der Waals surface area contributed by atoms with Gasteiger partial charge >= 0.3 is 0 Å². The Kier molecular flexibility index (Phi) is 9.98. The third kappa shape index (κ3) is 6.71. The highest BCUT2D eigenvalue weighted by Gasteiger charge is 2.45. The van der Waals surface area contributed by atoms with E-state index >= 15 is 0 Å². The van der Waals surface area contributed by atoms with Crippen molar-refractivity contribution < 1.29 is 37.4 Å². The Balaban J connectivity index is 2.21. The average Bonchev–Trinajstić information content (AvgIpc) is 3.16. The van der Waals surface area contributed by atoms with Gasteiger partial charge in [0.2, 0.25) is 5.91 Å². The molecule has 0 bridgehead atoms. The highest BCUT2D eigenvalue weighted by atomic mass is 35.5. The van der Waals surface area contributed by atoms with Crippen LogP contribution in [0, 0.1) is 0 Å². The van der Waals surface area contributed by atoms with Crippen molar-refractivity contribution in [2.24, 2.45) is 0 Å². The summed E-state index contributed by atoms with van der Waals surface area (Å²) in [5.41, 5.74) is 0.409. The topological polar surface area (TPSA) is 139 Å². The SMILES string of the molecule is CCCCC(O)c1ccc(NC(=O)CCl)c2c1C(=O)N([C@H](CS(C)(=O)=O)c1ccc(OC)c(OCC)c1)C2=O. The second-order valence-electron chi connectivity index (χ2n) is 9.22. The van der Waals surface area contributed by atoms with Gasteiger partial charge in [0.05, 0.1) is 48.4 Å². The first-order chi connectivity index (χ1) is 18.5. The second-order valence-corrected chi connectivity index (χ2v) is 11.7. The van der Waals surface area contributed by atoms with E-state index in [0.29, 0.717) is 36.5 Å². The molecule has 0 radical (unpaired) electrons. The molecule has 212 valence electrons. The smallest absolute Gasteiger partial charge is 0.264 e. The zero-order valence-electron chi connectivity index (χ0n) is 22.3. The van der Waals surface area contributed by atoms with E-state index in [1.54, 1.807) is 19.1 Å². The van der Waals surface area contributed by atoms with Crippen molar-refractivity contribution in [2.45, 2.75) is 45.3 Å². The van der Waals surface area contributed by atoms with Crippen LogP contribution < -0.4 is 14.8 Å². The van der Waals surface area contributed by atoms with Gasteiger partial charge in [-0.15, -0.1) is 11.6 Å². The summed E-state index contributed by atoms with van der Waals surface area (Å²) in [7, 11) is -2.25. The number of carbonyl (C=O) groups is 3. The molecule has 0 saturated heterocycles. The van der Waals surface area contributed by atoms with Crippen molar-refractivity contribution >= 4 is 44.8 Å². The maximum Gasteiger partial charge on any atom is 0.264 e. The van der Waals surface area contributed by atoms with Gasteiger partial charge in [0, 0.05) is 6.26 Å². The van der Waals surface area contributed by atoms with Crippen LogP contribution in [0.1, 0.15) is 77.1 Å². The minimum absolute atomic E-state index is 0.0470. The summed E-state index contributed by atoms with van der Waals surface area (Å²) in [6, 6.07) is 6.37. The Morgan fingerprint density at radius 2 is 1.79 bits per heavy atom. The maximum absolute atomic E-state index is 14.0. The summed E-state index contributed by atoms with van der Waals surface area (Å²) >= 11 is 5.65. The van der Waals surface area contributed by atoms with Crippen LogP contribution in [0.5, 0.6) is 11.5 Å². The lowest BCUT2D eigenvalue weighted by atomic mass is 9.94. The minimum atomic E-state index is -3.71. The second kappa shape index (κ2) is 12.8. The van der Waals surface area contributed by atoms with Crippen LogP contribution in [-0.4, -0.2) is 67.8 Å². The van der Waals surface area contributed by atoms with Gasteiger partial charge in [0.1, 0.15) is 15.7 Å². The number of anilines is 1. The molecule has 1 heterocycles. The summed E-state index contributed by atoms with van der Waals surface area (Å²) in [6.45, 7) is 4.03. The van der Waals surface area contributed by atoms with Crippen LogP contribution in [0.15, 0.2) is 30.3 Å². The number of halogens is 1. The quantitative estimate of drug-likeness (QED) is 0.269. The van der Waals surface area contributed by atoms with Crippen molar-refractivity contribution in [1.82, 2.24) is 4.90 Å². The first kappa shape index (κ1) is 30.4. The molecule has 0 aromatic heterocycles. The van der Waals surface area contributed by atoms with Gasteiger partial charge in [0.25, 0.3) is 11.8 Å². The number of unbranched alkanes of at least 4 members (excludes halogenated alkanes) is 1. The summed E-state index contributed by atoms with van der Waals surface area (Å²) in [5.74, 6) is -2.40. The van der Waals surface area contributed by atoms with Crippen LogP contribution in [0.3, 0.4) is 0 Å². The lowest BCUT2D eigenvalue weighted by Crippen LogP contribution is -2.38. The molecule has 39 heavy (non-hydrogen) atoms. The van der Waals surface area contributed by atoms with Crippen molar-refractivity contribution in [1.29, 1.82) is 0 Å². The molecular weight excluding hydrogens is 548 g/mol. The van der Waals surface area contributed by atoms with E-state index in [0.717, 1.165) is 17.6 Å². The number of hydrogen-bond donors (Lipinski definition) is 2. The Labute approximate surface area is 233 Å². The molecule has 0 aliphatic carbocycles. The number of imide groups is 1. The number of amides is 3. The predicted octanol–water partition coefficient (Wildman–Crippen LogP) is 3.88. The van der Waals surface area contributed by atoms with Gasteiger partial charge in [-0.2, -0.15) is 0 Å². The van der Waals surface area contributed by atoms with E-state index in [2.05, 4.69) is 5.32 Å². The number of hydrogen-bond acceptors (Lipinski definition) is 8. The van der Waals surface area contributed by atoms with Crippen molar-refractivity contribution in [3.8, 4) is 11.5 Å². The first-order valence-electron chi connectivity index (χ1n) is 12.5. The van der Waals surface area contributed by atoms with E-state index in [1.807, 2.05) is 6.92 Å². The molecular formula is C27H33ClN2O8S. The minimum Gasteiger partial charge on any atom is -0.493 e. The van der Waals surface area contributed by atoms with Crippen LogP contribution in [0.2, 0.25) is 0 Å². The fourth-order valence-corrected chi connectivity index (χ4v) is 5.56. The molecule has 1 aliphatic heterocycles. The Hall–Kier alpha value is -3.15. The predicted molar refractivity (Wildman–Crippen MR) is 147 cm³/mol. The fourth-order valence-electron chi connectivity index (χ4n) is 4.58. The van der Waals surface area contributed by atoms with Crippen molar-refractivity contribution in [2.75, 3.05) is 36.9 Å². The number of methoxy groups -OCH3 is 1. The highest BCUT2D eigenvalue weighted by Crippen LogP contribution is 2.41. The number of aliphatic hydroxyl groups excluding tert-OH is 1. The molecule has 3 amide bonds. The standard InChI is InChI=1S/C27H33ClN2O8S/c1-5-7-8-20(31)17-10-11-18(29-23(32)14-28)25-24(17)26(33)30(27(25)34)19(15-39(4,35)36)16-9-12-21(37-3)22(13-16)38-6-2/h9-13,19-20,31H,5-8,14-15H2,1-4H3,(H,29,32)/t19-,20?/m1/s1. The van der Waals surface area contributed by atoms with Gasteiger partial charge in [-0.25, -0.2) is 8.42 Å². The van der Waals surface area contributed by atoms with Gasteiger partial charge in [-0.3, -0.25) is 19.3 Å². The van der Waals surface area contributed by atoms with E-state index < -0.39 is 45.5 Å². The number of sulfone groups is 1. The number of fused-ring (bicyclic) bond motifs is 1. The molecule has 2 aromatic carbocycles. The Morgan fingerprint density at radius 3 is 2.38 bits per heavy atom. The number of nitrogens with one attached hydrogen (secondary N) is 1. The highest BCUT2D eigenvalue weighted by molar-refractivity contribution is 7.90.